The Balaban J connectivity index is 1.92. The molecule has 0 bridgehead atoms. The lowest BCUT2D eigenvalue weighted by Crippen LogP contribution is -2.44. The number of hydrogen-bond acceptors (Lipinski definition) is 5. The van der Waals surface area contributed by atoms with Crippen molar-refractivity contribution in [1.29, 1.82) is 0 Å². The van der Waals surface area contributed by atoms with E-state index in [0.717, 1.165) is 23.4 Å². The van der Waals surface area contributed by atoms with Crippen molar-refractivity contribution in [3.63, 3.8) is 0 Å². The summed E-state index contributed by atoms with van der Waals surface area (Å²) in [5, 5.41) is 0. The number of rotatable bonds is 4. The molecule has 3 atom stereocenters. The molecule has 1 saturated heterocycles. The third kappa shape index (κ3) is 1.93. The van der Waals surface area contributed by atoms with Crippen LogP contribution in [0, 0.1) is 11.3 Å². The van der Waals surface area contributed by atoms with E-state index in [1.54, 1.807) is 7.11 Å². The van der Waals surface area contributed by atoms with Gasteiger partial charge in [0.15, 0.2) is 0 Å². The predicted molar refractivity (Wildman–Crippen MR) is 77.5 cm³/mol. The second-order valence-corrected chi connectivity index (χ2v) is 6.19. The molecular weight excluding hydrogens is 324 g/mol. The van der Waals surface area contributed by atoms with Crippen LogP contribution in [0.2, 0.25) is 0 Å². The number of hydrogen-bond donors (Lipinski definition) is 0. The summed E-state index contributed by atoms with van der Waals surface area (Å²) in [5.41, 5.74) is -0.408. The minimum Gasteiger partial charge on any atom is -0.469 e. The molecular formula is C14H17BrN2O3. The van der Waals surface area contributed by atoms with Crippen LogP contribution >= 0.6 is 15.9 Å². The zero-order valence-electron chi connectivity index (χ0n) is 11.5. The van der Waals surface area contributed by atoms with Gasteiger partial charge in [-0.15, -0.1) is 0 Å². The third-order valence-electron chi connectivity index (χ3n) is 4.43. The van der Waals surface area contributed by atoms with E-state index >= 15 is 0 Å². The molecule has 0 spiro atoms. The number of aromatic nitrogens is 1. The Morgan fingerprint density at radius 2 is 2.35 bits per heavy atom. The molecule has 3 rings (SSSR count). The van der Waals surface area contributed by atoms with Gasteiger partial charge >= 0.3 is 5.97 Å². The van der Waals surface area contributed by atoms with Crippen LogP contribution < -0.4 is 4.90 Å². The monoisotopic (exact) mass is 340 g/mol. The summed E-state index contributed by atoms with van der Waals surface area (Å²) in [6, 6.07) is 5.79. The Kier molecular flexibility index (Phi) is 3.46. The smallest absolute Gasteiger partial charge is 0.314 e. The SMILES string of the molecule is COC[C@@H]1N(c2cccc(Br)n2)C[C@H]2C[C@]21C(=O)OC. The predicted octanol–water partition coefficient (Wildman–Crippen LogP) is 1.86. The van der Waals surface area contributed by atoms with E-state index in [4.69, 9.17) is 9.47 Å². The number of carbonyl (C=O) groups excluding carboxylic acids is 1. The minimum atomic E-state index is -0.408. The number of nitrogens with zero attached hydrogens (tertiary/aromatic N) is 2. The van der Waals surface area contributed by atoms with Crippen molar-refractivity contribution < 1.29 is 14.3 Å². The Hall–Kier alpha value is -1.14. The number of piperidine rings is 1. The van der Waals surface area contributed by atoms with Crippen LogP contribution in [0.3, 0.4) is 0 Å². The number of ether oxygens (including phenoxy) is 2. The van der Waals surface area contributed by atoms with Gasteiger partial charge < -0.3 is 14.4 Å². The molecule has 0 amide bonds. The van der Waals surface area contributed by atoms with Crippen molar-refractivity contribution in [3.8, 4) is 0 Å². The minimum absolute atomic E-state index is 0.00764. The molecule has 0 N–H and O–H groups in total. The molecule has 6 heteroatoms. The highest BCUT2D eigenvalue weighted by Crippen LogP contribution is 2.62. The van der Waals surface area contributed by atoms with Gasteiger partial charge in [-0.3, -0.25) is 4.79 Å². The van der Waals surface area contributed by atoms with Crippen LogP contribution in [-0.2, 0) is 14.3 Å². The summed E-state index contributed by atoms with van der Waals surface area (Å²) in [7, 11) is 3.11. The molecule has 0 radical (unpaired) electrons. The van der Waals surface area contributed by atoms with Gasteiger partial charge in [-0.05, 0) is 40.4 Å². The second kappa shape index (κ2) is 5.00. The molecule has 2 heterocycles. The number of carbonyl (C=O) groups is 1. The first-order chi connectivity index (χ1) is 9.63. The fraction of sp³-hybridized carbons (Fsp3) is 0.571. The van der Waals surface area contributed by atoms with E-state index in [9.17, 15) is 4.79 Å². The summed E-state index contributed by atoms with van der Waals surface area (Å²) in [5.74, 6) is 1.09. The van der Waals surface area contributed by atoms with Gasteiger partial charge in [-0.2, -0.15) is 0 Å². The first-order valence-corrected chi connectivity index (χ1v) is 7.39. The van der Waals surface area contributed by atoms with E-state index in [-0.39, 0.29) is 12.0 Å². The van der Waals surface area contributed by atoms with Crippen LogP contribution in [-0.4, -0.2) is 44.4 Å². The number of halogens is 1. The summed E-state index contributed by atoms with van der Waals surface area (Å²) in [4.78, 5) is 18.8. The lowest BCUT2D eigenvalue weighted by Gasteiger charge is -2.31. The maximum absolute atomic E-state index is 12.2. The number of methoxy groups -OCH3 is 2. The van der Waals surface area contributed by atoms with E-state index in [2.05, 4.69) is 25.8 Å². The van der Waals surface area contributed by atoms with Gasteiger partial charge in [-0.25, -0.2) is 4.98 Å². The average Bonchev–Trinajstić information content (AvgIpc) is 3.09. The van der Waals surface area contributed by atoms with Crippen molar-refractivity contribution in [2.75, 3.05) is 32.3 Å². The maximum Gasteiger partial charge on any atom is 0.314 e. The van der Waals surface area contributed by atoms with Gasteiger partial charge in [0.2, 0.25) is 0 Å². The van der Waals surface area contributed by atoms with E-state index in [0.29, 0.717) is 12.5 Å². The van der Waals surface area contributed by atoms with Gasteiger partial charge in [0.05, 0.1) is 25.2 Å². The first-order valence-electron chi connectivity index (χ1n) is 6.60. The molecule has 1 saturated carbocycles. The average molecular weight is 341 g/mol. The molecule has 0 unspecified atom stereocenters. The molecule has 2 aliphatic rings. The zero-order valence-corrected chi connectivity index (χ0v) is 13.1. The summed E-state index contributed by atoms with van der Waals surface area (Å²) < 4.78 is 11.1. The quantitative estimate of drug-likeness (QED) is 0.618. The van der Waals surface area contributed by atoms with Crippen LogP contribution in [0.1, 0.15) is 6.42 Å². The van der Waals surface area contributed by atoms with Crippen molar-refractivity contribution in [2.45, 2.75) is 12.5 Å². The number of fused-ring (bicyclic) bond motifs is 1. The maximum atomic E-state index is 12.2. The third-order valence-corrected chi connectivity index (χ3v) is 4.87. The van der Waals surface area contributed by atoms with Crippen molar-refractivity contribution >= 4 is 27.7 Å². The number of pyridine rings is 1. The van der Waals surface area contributed by atoms with Gasteiger partial charge in [0.1, 0.15) is 10.4 Å². The highest BCUT2D eigenvalue weighted by Gasteiger charge is 2.71. The van der Waals surface area contributed by atoms with Crippen molar-refractivity contribution in [2.24, 2.45) is 11.3 Å². The van der Waals surface area contributed by atoms with Crippen LogP contribution in [0.4, 0.5) is 5.82 Å². The highest BCUT2D eigenvalue weighted by molar-refractivity contribution is 9.10. The summed E-state index contributed by atoms with van der Waals surface area (Å²) >= 11 is 3.39. The fourth-order valence-corrected chi connectivity index (χ4v) is 3.74. The first kappa shape index (κ1) is 13.8. The van der Waals surface area contributed by atoms with E-state index < -0.39 is 5.41 Å². The topological polar surface area (TPSA) is 51.7 Å². The van der Waals surface area contributed by atoms with Crippen LogP contribution in [0.15, 0.2) is 22.8 Å². The standard InChI is InChI=1S/C14H17BrN2O3/c1-19-8-10-14(13(18)20-2)6-9(14)7-17(10)12-5-3-4-11(15)16-12/h3-5,9-10H,6-8H2,1-2H3/t9-,10+,14+/m1/s1. The fourth-order valence-electron chi connectivity index (χ4n) is 3.41. The number of anilines is 1. The molecule has 1 aromatic rings. The Bertz CT molecular complexity index is 539. The molecule has 5 nitrogen and oxygen atoms in total. The molecule has 1 aliphatic heterocycles. The molecule has 20 heavy (non-hydrogen) atoms. The lowest BCUT2D eigenvalue weighted by atomic mass is 9.96. The van der Waals surface area contributed by atoms with E-state index in [1.165, 1.54) is 7.11 Å². The highest BCUT2D eigenvalue weighted by atomic mass is 79.9. The van der Waals surface area contributed by atoms with Crippen LogP contribution in [0.5, 0.6) is 0 Å². The Morgan fingerprint density at radius 1 is 1.55 bits per heavy atom. The molecule has 0 aromatic carbocycles. The zero-order chi connectivity index (χ0) is 14.3. The Morgan fingerprint density at radius 3 is 3.00 bits per heavy atom. The molecule has 108 valence electrons. The van der Waals surface area contributed by atoms with Gasteiger partial charge in [0.25, 0.3) is 0 Å². The largest absolute Gasteiger partial charge is 0.469 e. The van der Waals surface area contributed by atoms with E-state index in [1.807, 2.05) is 18.2 Å². The molecule has 1 aromatic heterocycles. The number of esters is 1. The molecule has 2 fully saturated rings. The normalized spacial score (nSPS) is 31.1. The lowest BCUT2D eigenvalue weighted by molar-refractivity contribution is -0.148. The summed E-state index contributed by atoms with van der Waals surface area (Å²) in [6.07, 6.45) is 0.887. The van der Waals surface area contributed by atoms with Crippen molar-refractivity contribution in [1.82, 2.24) is 4.98 Å². The van der Waals surface area contributed by atoms with Crippen molar-refractivity contribution in [3.05, 3.63) is 22.8 Å². The molecule has 1 aliphatic carbocycles. The Labute approximate surface area is 126 Å². The van der Waals surface area contributed by atoms with Gasteiger partial charge in [0, 0.05) is 13.7 Å². The summed E-state index contributed by atoms with van der Waals surface area (Å²) in [6.45, 7) is 1.33. The van der Waals surface area contributed by atoms with Crippen LogP contribution in [0.25, 0.3) is 0 Å². The van der Waals surface area contributed by atoms with Gasteiger partial charge in [-0.1, -0.05) is 6.07 Å². The second-order valence-electron chi connectivity index (χ2n) is 5.38.